The van der Waals surface area contributed by atoms with Crippen LogP contribution in [-0.2, 0) is 0 Å². The molecule has 0 aromatic heterocycles. The van der Waals surface area contributed by atoms with Gasteiger partial charge in [0.25, 0.3) is 0 Å². The number of nitrogens with one attached hydrogen (secondary N) is 2. The minimum Gasteiger partial charge on any atom is -0.493 e. The smallest absolute Gasteiger partial charge is 0.203 e. The Hall–Kier alpha value is -3.38. The highest BCUT2D eigenvalue weighted by atomic mass is 32.1. The lowest BCUT2D eigenvalue weighted by Gasteiger charge is -2.27. The number of benzene rings is 2. The van der Waals surface area contributed by atoms with Gasteiger partial charge < -0.3 is 39.1 Å². The second-order valence-electron chi connectivity index (χ2n) is 7.31. The number of rotatable bonds is 8. The van der Waals surface area contributed by atoms with Crippen molar-refractivity contribution in [3.05, 3.63) is 35.4 Å². The van der Waals surface area contributed by atoms with Crippen molar-refractivity contribution in [2.45, 2.75) is 12.3 Å². The van der Waals surface area contributed by atoms with Crippen LogP contribution in [0.5, 0.6) is 34.5 Å². The predicted molar refractivity (Wildman–Crippen MR) is 133 cm³/mol. The van der Waals surface area contributed by atoms with E-state index in [0.29, 0.717) is 44.7 Å². The van der Waals surface area contributed by atoms with Crippen LogP contribution in [0.1, 0.15) is 23.5 Å². The van der Waals surface area contributed by atoms with Crippen molar-refractivity contribution in [2.24, 2.45) is 0 Å². The van der Waals surface area contributed by atoms with Crippen LogP contribution >= 0.6 is 24.4 Å². The number of hydrogen-bond donors (Lipinski definition) is 2. The Morgan fingerprint density at radius 3 is 1.09 bits per heavy atom. The van der Waals surface area contributed by atoms with Gasteiger partial charge in [-0.15, -0.1) is 0 Å². The Morgan fingerprint density at radius 1 is 0.559 bits per heavy atom. The van der Waals surface area contributed by atoms with Crippen molar-refractivity contribution in [3.8, 4) is 34.5 Å². The third kappa shape index (κ3) is 3.72. The van der Waals surface area contributed by atoms with E-state index in [4.69, 9.17) is 52.9 Å². The summed E-state index contributed by atoms with van der Waals surface area (Å²) >= 11 is 11.4. The first-order valence-corrected chi connectivity index (χ1v) is 11.0. The van der Waals surface area contributed by atoms with E-state index in [-0.39, 0.29) is 0 Å². The Balaban J connectivity index is 1.75. The summed E-state index contributed by atoms with van der Waals surface area (Å²) in [5.74, 6) is 3.13. The van der Waals surface area contributed by atoms with Crippen molar-refractivity contribution in [3.63, 3.8) is 0 Å². The first-order valence-electron chi connectivity index (χ1n) is 10.2. The van der Waals surface area contributed by atoms with E-state index in [1.165, 1.54) is 0 Å². The van der Waals surface area contributed by atoms with E-state index in [2.05, 4.69) is 10.6 Å². The molecule has 0 aliphatic carbocycles. The van der Waals surface area contributed by atoms with E-state index in [1.807, 2.05) is 34.3 Å². The third-order valence-electron chi connectivity index (χ3n) is 5.66. The molecule has 0 radical (unpaired) electrons. The van der Waals surface area contributed by atoms with Gasteiger partial charge in [0.2, 0.25) is 11.5 Å². The van der Waals surface area contributed by atoms with E-state index >= 15 is 0 Å². The molecule has 12 heteroatoms. The normalized spacial score (nSPS) is 18.8. The van der Waals surface area contributed by atoms with E-state index in [0.717, 1.165) is 11.1 Å². The summed E-state index contributed by atoms with van der Waals surface area (Å²) < 4.78 is 33.0. The second-order valence-corrected chi connectivity index (χ2v) is 8.08. The van der Waals surface area contributed by atoms with Gasteiger partial charge in [-0.3, -0.25) is 0 Å². The number of fused-ring (bicyclic) bond motifs is 1. The van der Waals surface area contributed by atoms with Gasteiger partial charge in [-0.2, -0.15) is 0 Å². The number of hydrazine groups is 1. The zero-order valence-electron chi connectivity index (χ0n) is 19.6. The van der Waals surface area contributed by atoms with Crippen LogP contribution in [0.4, 0.5) is 0 Å². The van der Waals surface area contributed by atoms with E-state index < -0.39 is 12.3 Å². The van der Waals surface area contributed by atoms with Crippen molar-refractivity contribution in [1.29, 1.82) is 0 Å². The van der Waals surface area contributed by atoms with Crippen molar-refractivity contribution in [2.75, 3.05) is 42.7 Å². The molecule has 2 aromatic rings. The monoisotopic (exact) mass is 506 g/mol. The maximum Gasteiger partial charge on any atom is 0.203 e. The van der Waals surface area contributed by atoms with E-state index in [9.17, 15) is 0 Å². The maximum atomic E-state index is 5.71. The zero-order chi connectivity index (χ0) is 24.6. The fraction of sp³-hybridized carbons (Fsp3) is 0.364. The summed E-state index contributed by atoms with van der Waals surface area (Å²) in [4.78, 5) is 0. The predicted octanol–water partition coefficient (Wildman–Crippen LogP) is 2.73. The molecular formula is C22H26N4O6S2. The van der Waals surface area contributed by atoms with Gasteiger partial charge in [0.15, 0.2) is 33.2 Å². The first kappa shape index (κ1) is 23.8. The molecule has 2 atom stereocenters. The number of thiocarbonyl (C=S) groups is 2. The molecule has 34 heavy (non-hydrogen) atoms. The van der Waals surface area contributed by atoms with Crippen LogP contribution in [0, 0.1) is 0 Å². The van der Waals surface area contributed by atoms with Gasteiger partial charge in [-0.25, -0.2) is 10.0 Å². The van der Waals surface area contributed by atoms with Gasteiger partial charge >= 0.3 is 0 Å². The standard InChI is InChI=1S/C22H26N4O6S2/c1-27-13-7-11(8-14(28-2)17(13)31-5)19-23-21(33)26-20(24-22(34)25(19)26)12-9-15(29-3)18(32-6)16(10-12)30-4/h7-10,19-20H,1-6H3,(H,23,33)(H,24,34)/t19-,20-/m0/s1. The lowest BCUT2D eigenvalue weighted by atomic mass is 10.1. The molecule has 0 bridgehead atoms. The third-order valence-corrected chi connectivity index (χ3v) is 6.27. The molecule has 2 aliphatic heterocycles. The highest BCUT2D eigenvalue weighted by molar-refractivity contribution is 7.80. The second kappa shape index (κ2) is 9.47. The SMILES string of the molecule is COc1cc([C@H]2NC(=S)N3[C@@H](c4cc(OC)c(OC)c(OC)c4)NC(=S)N23)cc(OC)c1OC. The van der Waals surface area contributed by atoms with Crippen LogP contribution in [0.25, 0.3) is 0 Å². The Labute approximate surface area is 208 Å². The summed E-state index contributed by atoms with van der Waals surface area (Å²) in [7, 11) is 9.41. The molecule has 182 valence electrons. The van der Waals surface area contributed by atoms with Gasteiger partial charge in [-0.1, -0.05) is 0 Å². The molecule has 0 spiro atoms. The maximum absolute atomic E-state index is 5.71. The Kier molecular flexibility index (Phi) is 6.62. The van der Waals surface area contributed by atoms with Crippen molar-refractivity contribution in [1.82, 2.24) is 20.7 Å². The molecule has 2 aromatic carbocycles. The fourth-order valence-electron chi connectivity index (χ4n) is 4.14. The molecule has 2 fully saturated rings. The van der Waals surface area contributed by atoms with Gasteiger partial charge in [0, 0.05) is 11.1 Å². The van der Waals surface area contributed by atoms with Crippen LogP contribution in [0.2, 0.25) is 0 Å². The fourth-order valence-corrected chi connectivity index (χ4v) is 4.75. The number of hydrogen-bond acceptors (Lipinski definition) is 8. The lowest BCUT2D eigenvalue weighted by molar-refractivity contribution is 0.113. The zero-order valence-corrected chi connectivity index (χ0v) is 21.3. The quantitative estimate of drug-likeness (QED) is 0.517. The average molecular weight is 507 g/mol. The Morgan fingerprint density at radius 2 is 0.853 bits per heavy atom. The van der Waals surface area contributed by atoms with Crippen molar-refractivity contribution >= 4 is 34.7 Å². The highest BCUT2D eigenvalue weighted by Gasteiger charge is 2.48. The molecule has 0 amide bonds. The van der Waals surface area contributed by atoms with Gasteiger partial charge in [-0.05, 0) is 48.7 Å². The Bertz CT molecular complexity index is 993. The summed E-state index contributed by atoms with van der Waals surface area (Å²) in [6, 6.07) is 7.45. The minimum absolute atomic E-state index is 0.395. The lowest BCUT2D eigenvalue weighted by Crippen LogP contribution is -2.36. The topological polar surface area (TPSA) is 85.9 Å². The molecule has 4 rings (SSSR count). The average Bonchev–Trinajstić information content (AvgIpc) is 3.39. The summed E-state index contributed by atoms with van der Waals surface area (Å²) in [5, 5.41) is 11.4. The van der Waals surface area contributed by atoms with Crippen LogP contribution < -0.4 is 39.1 Å². The number of nitrogens with zero attached hydrogens (tertiary/aromatic N) is 2. The van der Waals surface area contributed by atoms with Gasteiger partial charge in [0.1, 0.15) is 12.3 Å². The van der Waals surface area contributed by atoms with E-state index in [1.54, 1.807) is 42.7 Å². The highest BCUT2D eigenvalue weighted by Crippen LogP contribution is 2.45. The first-order chi connectivity index (χ1) is 16.4. The minimum atomic E-state index is -0.395. The summed E-state index contributed by atoms with van der Waals surface area (Å²) in [6.45, 7) is 0. The van der Waals surface area contributed by atoms with Crippen LogP contribution in [-0.4, -0.2) is 62.9 Å². The van der Waals surface area contributed by atoms with Crippen LogP contribution in [0.15, 0.2) is 24.3 Å². The molecule has 2 heterocycles. The number of ether oxygens (including phenoxy) is 6. The molecular weight excluding hydrogens is 480 g/mol. The summed E-state index contributed by atoms with van der Waals surface area (Å²) in [6.07, 6.45) is -0.790. The number of methoxy groups -OCH3 is 6. The molecule has 2 aliphatic rings. The largest absolute Gasteiger partial charge is 0.493 e. The molecule has 2 saturated heterocycles. The molecule has 0 saturated carbocycles. The van der Waals surface area contributed by atoms with Gasteiger partial charge in [0.05, 0.1) is 42.7 Å². The summed E-state index contributed by atoms with van der Waals surface area (Å²) in [5.41, 5.74) is 1.66. The molecule has 10 nitrogen and oxygen atoms in total. The van der Waals surface area contributed by atoms with Crippen molar-refractivity contribution < 1.29 is 28.4 Å². The molecule has 0 unspecified atom stereocenters. The molecule has 2 N–H and O–H groups in total. The van der Waals surface area contributed by atoms with Crippen LogP contribution in [0.3, 0.4) is 0 Å².